The number of nitrogens with one attached hydrogen (secondary N) is 2. The molecule has 0 aliphatic carbocycles. The molecule has 1 aliphatic heterocycles. The quantitative estimate of drug-likeness (QED) is 0.356. The lowest BCUT2D eigenvalue weighted by Crippen LogP contribution is -2.48. The lowest BCUT2D eigenvalue weighted by Gasteiger charge is -2.34. The number of aryl methyl sites for hydroxylation is 2. The van der Waals surface area contributed by atoms with Gasteiger partial charge in [0, 0.05) is 36.4 Å². The van der Waals surface area contributed by atoms with Crippen molar-refractivity contribution in [3.63, 3.8) is 0 Å². The average Bonchev–Trinajstić information content (AvgIpc) is 3.31. The summed E-state index contributed by atoms with van der Waals surface area (Å²) in [5.41, 5.74) is 1.58. The number of amides is 3. The van der Waals surface area contributed by atoms with Gasteiger partial charge in [-0.1, -0.05) is 30.3 Å². The molecule has 3 aromatic rings. The van der Waals surface area contributed by atoms with Gasteiger partial charge in [0.1, 0.15) is 17.5 Å². The van der Waals surface area contributed by atoms with Crippen LogP contribution in [0.2, 0.25) is 0 Å². The molecule has 0 radical (unpaired) electrons. The van der Waals surface area contributed by atoms with E-state index in [1.165, 1.54) is 18.7 Å². The van der Waals surface area contributed by atoms with Crippen molar-refractivity contribution >= 4 is 33.3 Å². The molecule has 0 unspecified atom stereocenters. The van der Waals surface area contributed by atoms with Crippen LogP contribution >= 0.6 is 0 Å². The Morgan fingerprint density at radius 2 is 1.90 bits per heavy atom. The van der Waals surface area contributed by atoms with Crippen LogP contribution in [0.1, 0.15) is 30.9 Å². The summed E-state index contributed by atoms with van der Waals surface area (Å²) in [6.45, 7) is 7.00. The minimum Gasteiger partial charge on any atom is -0.488 e. The SMILES string of the molecule is Cc1noc(C)c1S(=O)(=O)Nc1ccc2c(c1)CC(=O)N([C@@H](C)CO)C[C@@H](C)[C@H](CN(C)C(=O)Nc1ccccc1)O2. The van der Waals surface area contributed by atoms with Crippen LogP contribution in [0.4, 0.5) is 16.2 Å². The van der Waals surface area contributed by atoms with E-state index in [1.54, 1.807) is 49.2 Å². The van der Waals surface area contributed by atoms with E-state index in [0.29, 0.717) is 23.5 Å². The van der Waals surface area contributed by atoms with Gasteiger partial charge in [-0.25, -0.2) is 13.2 Å². The van der Waals surface area contributed by atoms with Gasteiger partial charge >= 0.3 is 6.03 Å². The fourth-order valence-corrected chi connectivity index (χ4v) is 6.25. The van der Waals surface area contributed by atoms with E-state index >= 15 is 0 Å². The Bertz CT molecular complexity index is 1510. The molecule has 13 heteroatoms. The van der Waals surface area contributed by atoms with Gasteiger partial charge in [-0.05, 0) is 51.1 Å². The zero-order chi connectivity index (χ0) is 30.6. The predicted octanol–water partition coefficient (Wildman–Crippen LogP) is 3.41. The van der Waals surface area contributed by atoms with Crippen LogP contribution in [-0.4, -0.2) is 79.3 Å². The van der Waals surface area contributed by atoms with E-state index in [1.807, 2.05) is 25.1 Å². The van der Waals surface area contributed by atoms with Crippen molar-refractivity contribution in [3.05, 3.63) is 65.5 Å². The fraction of sp³-hybridized carbons (Fsp3) is 0.414. The minimum atomic E-state index is -4.02. The highest BCUT2D eigenvalue weighted by Crippen LogP contribution is 2.31. The Kier molecular flexibility index (Phi) is 9.42. The number of rotatable bonds is 8. The number of hydrogen-bond donors (Lipinski definition) is 3. The second kappa shape index (κ2) is 12.8. The molecule has 3 amide bonds. The molecule has 226 valence electrons. The topological polar surface area (TPSA) is 154 Å². The highest BCUT2D eigenvalue weighted by molar-refractivity contribution is 7.92. The largest absolute Gasteiger partial charge is 0.488 e. The minimum absolute atomic E-state index is 0.0491. The number of hydrogen-bond acceptors (Lipinski definition) is 8. The number of urea groups is 1. The molecule has 12 nitrogen and oxygen atoms in total. The van der Waals surface area contributed by atoms with Gasteiger partial charge in [0.25, 0.3) is 10.0 Å². The molecule has 3 atom stereocenters. The Hall–Kier alpha value is -4.10. The van der Waals surface area contributed by atoms with Crippen molar-refractivity contribution in [2.75, 3.05) is 36.8 Å². The summed E-state index contributed by atoms with van der Waals surface area (Å²) in [6.07, 6.45) is -0.607. The second-order valence-electron chi connectivity index (χ2n) is 10.6. The maximum atomic E-state index is 13.5. The van der Waals surface area contributed by atoms with Crippen LogP contribution in [0.5, 0.6) is 5.75 Å². The summed E-state index contributed by atoms with van der Waals surface area (Å²) in [7, 11) is -2.36. The number of fused-ring (bicyclic) bond motifs is 1. The standard InChI is InChI=1S/C29H37N5O7S/c1-18-15-34(19(2)17-35)27(36)14-22-13-24(32-42(38,39)28-20(3)31-41-21(28)4)11-12-25(22)40-26(18)16-33(5)29(37)30-23-9-7-6-8-10-23/h6-13,18-19,26,32,35H,14-17H2,1-5H3,(H,30,37)/t18-,19+,26+/m1/s1. The molecule has 42 heavy (non-hydrogen) atoms. The lowest BCUT2D eigenvalue weighted by molar-refractivity contribution is -0.134. The number of sulfonamides is 1. The van der Waals surface area contributed by atoms with Gasteiger partial charge in [0.15, 0.2) is 10.7 Å². The molecule has 0 fully saturated rings. The highest BCUT2D eigenvalue weighted by atomic mass is 32.2. The first kappa shape index (κ1) is 30.8. The number of aliphatic hydroxyl groups is 1. The fourth-order valence-electron chi connectivity index (χ4n) is 4.87. The van der Waals surface area contributed by atoms with E-state index in [2.05, 4.69) is 15.2 Å². The Balaban J connectivity index is 1.63. The summed E-state index contributed by atoms with van der Waals surface area (Å²) < 4.78 is 40.2. The summed E-state index contributed by atoms with van der Waals surface area (Å²) in [6, 6.07) is 13.0. The van der Waals surface area contributed by atoms with Gasteiger partial charge in [-0.3, -0.25) is 9.52 Å². The van der Waals surface area contributed by atoms with Crippen molar-refractivity contribution in [3.8, 4) is 5.75 Å². The third-order valence-corrected chi connectivity index (χ3v) is 8.86. The zero-order valence-corrected chi connectivity index (χ0v) is 25.1. The van der Waals surface area contributed by atoms with E-state index in [0.717, 1.165) is 0 Å². The number of aromatic nitrogens is 1. The smallest absolute Gasteiger partial charge is 0.321 e. The molecule has 2 heterocycles. The Labute approximate surface area is 245 Å². The van der Waals surface area contributed by atoms with Gasteiger partial charge in [-0.2, -0.15) is 0 Å². The van der Waals surface area contributed by atoms with E-state index < -0.39 is 22.2 Å². The number of ether oxygens (including phenoxy) is 1. The van der Waals surface area contributed by atoms with Crippen LogP contribution < -0.4 is 14.8 Å². The first-order valence-electron chi connectivity index (χ1n) is 13.6. The van der Waals surface area contributed by atoms with Crippen LogP contribution in [0.15, 0.2) is 57.9 Å². The molecule has 1 aliphatic rings. The van der Waals surface area contributed by atoms with Crippen LogP contribution in [-0.2, 0) is 21.2 Å². The number of benzene rings is 2. The number of carbonyl (C=O) groups excluding carboxylic acids is 2. The van der Waals surface area contributed by atoms with E-state index in [9.17, 15) is 23.1 Å². The number of para-hydroxylation sites is 1. The first-order valence-corrected chi connectivity index (χ1v) is 15.1. The van der Waals surface area contributed by atoms with E-state index in [-0.39, 0.29) is 59.5 Å². The summed E-state index contributed by atoms with van der Waals surface area (Å²) in [4.78, 5) is 29.5. The van der Waals surface area contributed by atoms with Crippen molar-refractivity contribution in [1.29, 1.82) is 0 Å². The summed E-state index contributed by atoms with van der Waals surface area (Å²) in [5, 5.41) is 16.5. The zero-order valence-electron chi connectivity index (χ0n) is 24.3. The number of carbonyl (C=O) groups is 2. The van der Waals surface area contributed by atoms with Gasteiger partial charge in [0.2, 0.25) is 5.91 Å². The number of anilines is 2. The Morgan fingerprint density at radius 1 is 1.19 bits per heavy atom. The molecule has 0 bridgehead atoms. The van der Waals surface area contributed by atoms with Crippen molar-refractivity contribution in [2.45, 2.75) is 51.2 Å². The second-order valence-corrected chi connectivity index (χ2v) is 12.3. The number of nitrogens with zero attached hydrogens (tertiary/aromatic N) is 3. The summed E-state index contributed by atoms with van der Waals surface area (Å²) >= 11 is 0. The van der Waals surface area contributed by atoms with E-state index in [4.69, 9.17) is 9.26 Å². The Morgan fingerprint density at radius 3 is 2.55 bits per heavy atom. The third-order valence-electron chi connectivity index (χ3n) is 7.23. The molecule has 2 aromatic carbocycles. The molecule has 0 saturated carbocycles. The number of likely N-dealkylation sites (N-methyl/N-ethyl adjacent to an activating group) is 1. The lowest BCUT2D eigenvalue weighted by atomic mass is 10.0. The third kappa shape index (κ3) is 7.02. The van der Waals surface area contributed by atoms with Crippen molar-refractivity contribution in [2.24, 2.45) is 5.92 Å². The maximum absolute atomic E-state index is 13.5. The first-order chi connectivity index (χ1) is 19.9. The van der Waals surface area contributed by atoms with Crippen molar-refractivity contribution < 1.29 is 32.4 Å². The molecular formula is C29H37N5O7S. The number of aliphatic hydroxyl groups excluding tert-OH is 1. The summed E-state index contributed by atoms with van der Waals surface area (Å²) in [5.74, 6) is 0.0939. The highest BCUT2D eigenvalue weighted by Gasteiger charge is 2.32. The molecule has 0 spiro atoms. The molecule has 1 aromatic heterocycles. The average molecular weight is 600 g/mol. The van der Waals surface area contributed by atoms with Crippen LogP contribution in [0.3, 0.4) is 0 Å². The van der Waals surface area contributed by atoms with Gasteiger partial charge in [0.05, 0.1) is 25.6 Å². The monoisotopic (exact) mass is 599 g/mol. The van der Waals surface area contributed by atoms with Gasteiger partial charge < -0.3 is 29.5 Å². The van der Waals surface area contributed by atoms with Gasteiger partial charge in [-0.15, -0.1) is 0 Å². The molecular weight excluding hydrogens is 562 g/mol. The van der Waals surface area contributed by atoms with Crippen LogP contribution in [0, 0.1) is 19.8 Å². The molecule has 4 rings (SSSR count). The normalized spacial score (nSPS) is 18.1. The van der Waals surface area contributed by atoms with Crippen LogP contribution in [0.25, 0.3) is 0 Å². The maximum Gasteiger partial charge on any atom is 0.321 e. The molecule has 0 saturated heterocycles. The predicted molar refractivity (Wildman–Crippen MR) is 157 cm³/mol. The molecule has 3 N–H and O–H groups in total. The van der Waals surface area contributed by atoms with Crippen molar-refractivity contribution in [1.82, 2.24) is 15.0 Å².